The van der Waals surface area contributed by atoms with E-state index in [1.165, 1.54) is 0 Å². The summed E-state index contributed by atoms with van der Waals surface area (Å²) in [6.45, 7) is 2.95. The molecule has 4 nitrogen and oxygen atoms in total. The molecule has 0 amide bonds. The molecule has 0 spiro atoms. The van der Waals surface area contributed by atoms with Gasteiger partial charge in [0.15, 0.2) is 11.5 Å². The Hall–Kier alpha value is -1.26. The van der Waals surface area contributed by atoms with Crippen molar-refractivity contribution in [1.82, 2.24) is 5.32 Å². The van der Waals surface area contributed by atoms with E-state index in [1.54, 1.807) is 21.1 Å². The van der Waals surface area contributed by atoms with Gasteiger partial charge in [0.2, 0.25) is 0 Å². The lowest BCUT2D eigenvalue weighted by Crippen LogP contribution is -2.24. The molecule has 0 aliphatic heterocycles. The van der Waals surface area contributed by atoms with Gasteiger partial charge >= 0.3 is 0 Å². The second-order valence-corrected chi connectivity index (χ2v) is 3.63. The van der Waals surface area contributed by atoms with Crippen LogP contribution in [-0.4, -0.2) is 32.0 Å². The zero-order valence-corrected chi connectivity index (χ0v) is 9.99. The number of nitrogens with one attached hydrogen (secondary N) is 1. The zero-order chi connectivity index (χ0) is 12.0. The van der Waals surface area contributed by atoms with Gasteiger partial charge in [0.25, 0.3) is 0 Å². The number of aliphatic hydroxyl groups is 1. The molecule has 0 heterocycles. The van der Waals surface area contributed by atoms with Crippen LogP contribution in [0.5, 0.6) is 11.5 Å². The van der Waals surface area contributed by atoms with Gasteiger partial charge in [-0.05, 0) is 13.0 Å². The van der Waals surface area contributed by atoms with Crippen molar-refractivity contribution < 1.29 is 14.6 Å². The van der Waals surface area contributed by atoms with E-state index >= 15 is 0 Å². The monoisotopic (exact) mass is 225 g/mol. The van der Waals surface area contributed by atoms with E-state index in [-0.39, 0.29) is 6.10 Å². The fraction of sp³-hybridized carbons (Fsp3) is 0.500. The van der Waals surface area contributed by atoms with Gasteiger partial charge in [-0.25, -0.2) is 0 Å². The van der Waals surface area contributed by atoms with Crippen LogP contribution in [0.1, 0.15) is 12.5 Å². The first-order valence-corrected chi connectivity index (χ1v) is 5.27. The van der Waals surface area contributed by atoms with E-state index in [9.17, 15) is 0 Å². The molecule has 0 bridgehead atoms. The molecule has 0 aliphatic carbocycles. The third-order valence-electron chi connectivity index (χ3n) is 2.24. The molecule has 2 N–H and O–H groups in total. The predicted molar refractivity (Wildman–Crippen MR) is 62.9 cm³/mol. The fourth-order valence-electron chi connectivity index (χ4n) is 1.51. The SMILES string of the molecule is COc1cccc(CNCC(C)O)c1OC. The van der Waals surface area contributed by atoms with Crippen molar-refractivity contribution in [3.63, 3.8) is 0 Å². The van der Waals surface area contributed by atoms with Crippen LogP contribution in [0.4, 0.5) is 0 Å². The van der Waals surface area contributed by atoms with Crippen molar-refractivity contribution in [1.29, 1.82) is 0 Å². The molecule has 1 aromatic carbocycles. The van der Waals surface area contributed by atoms with E-state index in [1.807, 2.05) is 18.2 Å². The molecule has 1 unspecified atom stereocenters. The van der Waals surface area contributed by atoms with Crippen LogP contribution in [0.3, 0.4) is 0 Å². The number of hydrogen-bond acceptors (Lipinski definition) is 4. The summed E-state index contributed by atoms with van der Waals surface area (Å²) in [7, 11) is 3.24. The summed E-state index contributed by atoms with van der Waals surface area (Å²) in [6, 6.07) is 5.74. The zero-order valence-electron chi connectivity index (χ0n) is 9.99. The Morgan fingerprint density at radius 1 is 1.31 bits per heavy atom. The Morgan fingerprint density at radius 3 is 2.62 bits per heavy atom. The molecule has 1 rings (SSSR count). The summed E-state index contributed by atoms with van der Waals surface area (Å²) in [4.78, 5) is 0. The van der Waals surface area contributed by atoms with Gasteiger partial charge in [0.1, 0.15) is 0 Å². The van der Waals surface area contributed by atoms with Crippen molar-refractivity contribution in [2.45, 2.75) is 19.6 Å². The third kappa shape index (κ3) is 3.40. The van der Waals surface area contributed by atoms with E-state index < -0.39 is 0 Å². The fourth-order valence-corrected chi connectivity index (χ4v) is 1.51. The second-order valence-electron chi connectivity index (χ2n) is 3.63. The van der Waals surface area contributed by atoms with Crippen LogP contribution in [0.2, 0.25) is 0 Å². The van der Waals surface area contributed by atoms with Crippen molar-refractivity contribution in [3.05, 3.63) is 23.8 Å². The summed E-state index contributed by atoms with van der Waals surface area (Å²) < 4.78 is 10.5. The van der Waals surface area contributed by atoms with Gasteiger partial charge in [-0.1, -0.05) is 12.1 Å². The standard InChI is InChI=1S/C12H19NO3/c1-9(14)7-13-8-10-5-4-6-11(15-2)12(10)16-3/h4-6,9,13-14H,7-8H2,1-3H3. The normalized spacial score (nSPS) is 12.2. The third-order valence-corrected chi connectivity index (χ3v) is 2.24. The van der Waals surface area contributed by atoms with E-state index in [4.69, 9.17) is 14.6 Å². The number of para-hydroxylation sites is 1. The summed E-state index contributed by atoms with van der Waals surface area (Å²) >= 11 is 0. The van der Waals surface area contributed by atoms with Crippen LogP contribution in [0.15, 0.2) is 18.2 Å². The Labute approximate surface area is 96.2 Å². The van der Waals surface area contributed by atoms with Gasteiger partial charge in [0, 0.05) is 18.7 Å². The number of aliphatic hydroxyl groups excluding tert-OH is 1. The Morgan fingerprint density at radius 2 is 2.06 bits per heavy atom. The highest BCUT2D eigenvalue weighted by molar-refractivity contribution is 5.46. The molecule has 4 heteroatoms. The van der Waals surface area contributed by atoms with Gasteiger partial charge in [-0.2, -0.15) is 0 Å². The first-order chi connectivity index (χ1) is 7.69. The van der Waals surface area contributed by atoms with Crippen molar-refractivity contribution in [3.8, 4) is 11.5 Å². The molecular formula is C12H19NO3. The first kappa shape index (κ1) is 12.8. The molecule has 1 aromatic rings. The summed E-state index contributed by atoms with van der Waals surface area (Å²) in [6.07, 6.45) is -0.350. The number of methoxy groups -OCH3 is 2. The van der Waals surface area contributed by atoms with Gasteiger partial charge < -0.3 is 19.9 Å². The number of benzene rings is 1. The van der Waals surface area contributed by atoms with E-state index in [2.05, 4.69) is 5.32 Å². The molecule has 0 fully saturated rings. The molecule has 0 aromatic heterocycles. The number of hydrogen-bond donors (Lipinski definition) is 2. The first-order valence-electron chi connectivity index (χ1n) is 5.27. The highest BCUT2D eigenvalue weighted by Crippen LogP contribution is 2.30. The maximum Gasteiger partial charge on any atom is 0.165 e. The molecule has 0 aliphatic rings. The number of ether oxygens (including phenoxy) is 2. The van der Waals surface area contributed by atoms with Crippen molar-refractivity contribution in [2.75, 3.05) is 20.8 Å². The van der Waals surface area contributed by atoms with Crippen LogP contribution in [-0.2, 0) is 6.54 Å². The lowest BCUT2D eigenvalue weighted by Gasteiger charge is -2.13. The minimum Gasteiger partial charge on any atom is -0.493 e. The Kier molecular flexibility index (Phi) is 5.08. The van der Waals surface area contributed by atoms with Crippen LogP contribution >= 0.6 is 0 Å². The topological polar surface area (TPSA) is 50.7 Å². The quantitative estimate of drug-likeness (QED) is 0.763. The summed E-state index contributed by atoms with van der Waals surface area (Å²) in [5.41, 5.74) is 1.02. The van der Waals surface area contributed by atoms with Gasteiger partial charge in [0.05, 0.1) is 20.3 Å². The van der Waals surface area contributed by atoms with E-state index in [0.29, 0.717) is 13.1 Å². The molecule has 90 valence electrons. The smallest absolute Gasteiger partial charge is 0.165 e. The second kappa shape index (κ2) is 6.35. The molecule has 0 saturated heterocycles. The Balaban J connectivity index is 2.71. The van der Waals surface area contributed by atoms with Gasteiger partial charge in [-0.15, -0.1) is 0 Å². The summed E-state index contributed by atoms with van der Waals surface area (Å²) in [5.74, 6) is 1.46. The predicted octanol–water partition coefficient (Wildman–Crippen LogP) is 1.17. The molecule has 0 saturated carbocycles. The molecule has 1 atom stereocenters. The Bertz CT molecular complexity index is 326. The molecule has 0 radical (unpaired) electrons. The maximum atomic E-state index is 9.14. The summed E-state index contributed by atoms with van der Waals surface area (Å²) in [5, 5.41) is 12.3. The van der Waals surface area contributed by atoms with E-state index in [0.717, 1.165) is 17.1 Å². The number of rotatable bonds is 6. The van der Waals surface area contributed by atoms with Crippen LogP contribution in [0, 0.1) is 0 Å². The van der Waals surface area contributed by atoms with Crippen molar-refractivity contribution in [2.24, 2.45) is 0 Å². The average Bonchev–Trinajstić information content (AvgIpc) is 2.28. The van der Waals surface area contributed by atoms with Gasteiger partial charge in [-0.3, -0.25) is 0 Å². The lowest BCUT2D eigenvalue weighted by atomic mass is 10.2. The van der Waals surface area contributed by atoms with Crippen LogP contribution < -0.4 is 14.8 Å². The minimum absolute atomic E-state index is 0.350. The lowest BCUT2D eigenvalue weighted by molar-refractivity contribution is 0.191. The highest BCUT2D eigenvalue weighted by atomic mass is 16.5. The minimum atomic E-state index is -0.350. The molecule has 16 heavy (non-hydrogen) atoms. The van der Waals surface area contributed by atoms with Crippen molar-refractivity contribution >= 4 is 0 Å². The molecular weight excluding hydrogens is 206 g/mol. The highest BCUT2D eigenvalue weighted by Gasteiger charge is 2.08. The largest absolute Gasteiger partial charge is 0.493 e. The van der Waals surface area contributed by atoms with Crippen LogP contribution in [0.25, 0.3) is 0 Å². The maximum absolute atomic E-state index is 9.14. The average molecular weight is 225 g/mol.